The van der Waals surface area contributed by atoms with Crippen LogP contribution in [0.25, 0.3) is 5.65 Å². The Labute approximate surface area is 157 Å². The number of amides is 1. The second kappa shape index (κ2) is 7.39. The van der Waals surface area contributed by atoms with Crippen LogP contribution in [0, 0.1) is 18.7 Å². The molecular formula is C21H22FN3O2. The SMILES string of the molecule is Cc1c(C(=O)N2CCCC(COc3ccccc3F)C2)nc2ccccn12. The zero-order valence-electron chi connectivity index (χ0n) is 15.3. The number of piperidine rings is 1. The fraction of sp³-hybridized carbons (Fsp3) is 0.333. The molecule has 4 rings (SSSR count). The van der Waals surface area contributed by atoms with Crippen molar-refractivity contribution in [3.63, 3.8) is 0 Å². The van der Waals surface area contributed by atoms with Gasteiger partial charge in [0.2, 0.25) is 0 Å². The lowest BCUT2D eigenvalue weighted by Gasteiger charge is -2.32. The quantitative estimate of drug-likeness (QED) is 0.706. The Balaban J connectivity index is 1.45. The molecule has 0 bridgehead atoms. The lowest BCUT2D eigenvalue weighted by Crippen LogP contribution is -2.42. The maximum absolute atomic E-state index is 13.7. The van der Waals surface area contributed by atoms with Crippen molar-refractivity contribution in [1.82, 2.24) is 14.3 Å². The first-order chi connectivity index (χ1) is 13.1. The summed E-state index contributed by atoms with van der Waals surface area (Å²) in [6.07, 6.45) is 3.78. The number of benzene rings is 1. The number of fused-ring (bicyclic) bond motifs is 1. The minimum absolute atomic E-state index is 0.0493. The molecule has 1 aliphatic heterocycles. The molecule has 1 amide bonds. The molecular weight excluding hydrogens is 345 g/mol. The number of hydrogen-bond donors (Lipinski definition) is 0. The lowest BCUT2D eigenvalue weighted by molar-refractivity contribution is 0.0625. The normalized spacial score (nSPS) is 17.3. The standard InChI is InChI=1S/C21H22FN3O2/c1-15-20(23-19-10-4-5-12-25(15)19)21(26)24-11-6-7-16(13-24)14-27-18-9-3-2-8-17(18)22/h2-5,8-10,12,16H,6-7,11,13-14H2,1H3. The Hall–Kier alpha value is -2.89. The van der Waals surface area contributed by atoms with Crippen LogP contribution < -0.4 is 4.74 Å². The zero-order chi connectivity index (χ0) is 18.8. The third-order valence-corrected chi connectivity index (χ3v) is 5.09. The van der Waals surface area contributed by atoms with Crippen molar-refractivity contribution >= 4 is 11.6 Å². The van der Waals surface area contributed by atoms with Gasteiger partial charge in [-0.3, -0.25) is 4.79 Å². The molecule has 0 spiro atoms. The summed E-state index contributed by atoms with van der Waals surface area (Å²) in [7, 11) is 0. The molecule has 0 saturated carbocycles. The largest absolute Gasteiger partial charge is 0.490 e. The Kier molecular flexibility index (Phi) is 4.79. The van der Waals surface area contributed by atoms with E-state index in [9.17, 15) is 9.18 Å². The monoisotopic (exact) mass is 367 g/mol. The summed E-state index contributed by atoms with van der Waals surface area (Å²) < 4.78 is 21.3. The van der Waals surface area contributed by atoms with Crippen LogP contribution in [0.4, 0.5) is 4.39 Å². The molecule has 1 aromatic carbocycles. The van der Waals surface area contributed by atoms with Gasteiger partial charge in [-0.1, -0.05) is 18.2 Å². The molecule has 1 aliphatic rings. The van der Waals surface area contributed by atoms with Crippen LogP contribution in [0.3, 0.4) is 0 Å². The Morgan fingerprint density at radius 1 is 1.26 bits per heavy atom. The van der Waals surface area contributed by atoms with Crippen LogP contribution in [0.2, 0.25) is 0 Å². The van der Waals surface area contributed by atoms with E-state index in [1.807, 2.05) is 40.6 Å². The molecule has 0 aliphatic carbocycles. The van der Waals surface area contributed by atoms with Gasteiger partial charge < -0.3 is 14.0 Å². The van der Waals surface area contributed by atoms with Gasteiger partial charge >= 0.3 is 0 Å². The summed E-state index contributed by atoms with van der Waals surface area (Å²) >= 11 is 0. The molecule has 3 heterocycles. The van der Waals surface area contributed by atoms with Crippen molar-refractivity contribution < 1.29 is 13.9 Å². The molecule has 6 heteroatoms. The van der Waals surface area contributed by atoms with Gasteiger partial charge in [-0.15, -0.1) is 0 Å². The molecule has 27 heavy (non-hydrogen) atoms. The summed E-state index contributed by atoms with van der Waals surface area (Å²) in [5.74, 6) is 0.0325. The molecule has 5 nitrogen and oxygen atoms in total. The average molecular weight is 367 g/mol. The summed E-state index contributed by atoms with van der Waals surface area (Å²) in [5, 5.41) is 0. The Morgan fingerprint density at radius 2 is 2.07 bits per heavy atom. The summed E-state index contributed by atoms with van der Waals surface area (Å²) in [6, 6.07) is 12.1. The van der Waals surface area contributed by atoms with Crippen LogP contribution in [0.5, 0.6) is 5.75 Å². The van der Waals surface area contributed by atoms with Crippen LogP contribution in [0.15, 0.2) is 48.7 Å². The van der Waals surface area contributed by atoms with Gasteiger partial charge in [-0.25, -0.2) is 9.37 Å². The van der Waals surface area contributed by atoms with E-state index in [-0.39, 0.29) is 23.4 Å². The van der Waals surface area contributed by atoms with Gasteiger partial charge in [0.05, 0.1) is 12.3 Å². The van der Waals surface area contributed by atoms with Crippen molar-refractivity contribution in [3.8, 4) is 5.75 Å². The fourth-order valence-electron chi connectivity index (χ4n) is 3.63. The third kappa shape index (κ3) is 3.52. The second-order valence-corrected chi connectivity index (χ2v) is 6.98. The van der Waals surface area contributed by atoms with Gasteiger partial charge in [-0.2, -0.15) is 0 Å². The second-order valence-electron chi connectivity index (χ2n) is 6.98. The first kappa shape index (κ1) is 17.5. The smallest absolute Gasteiger partial charge is 0.274 e. The first-order valence-corrected chi connectivity index (χ1v) is 9.24. The van der Waals surface area contributed by atoms with E-state index >= 15 is 0 Å². The maximum Gasteiger partial charge on any atom is 0.274 e. The molecule has 1 unspecified atom stereocenters. The molecule has 0 radical (unpaired) electrons. The number of aryl methyl sites for hydroxylation is 1. The Morgan fingerprint density at radius 3 is 2.89 bits per heavy atom. The van der Waals surface area contributed by atoms with E-state index < -0.39 is 0 Å². The van der Waals surface area contributed by atoms with Crippen molar-refractivity contribution in [2.24, 2.45) is 5.92 Å². The van der Waals surface area contributed by atoms with Gasteiger partial charge in [0.1, 0.15) is 11.3 Å². The predicted octanol–water partition coefficient (Wildman–Crippen LogP) is 3.71. The van der Waals surface area contributed by atoms with E-state index in [2.05, 4.69) is 4.98 Å². The van der Waals surface area contributed by atoms with Crippen LogP contribution >= 0.6 is 0 Å². The van der Waals surface area contributed by atoms with E-state index in [1.54, 1.807) is 18.2 Å². The zero-order valence-corrected chi connectivity index (χ0v) is 15.3. The van der Waals surface area contributed by atoms with E-state index in [0.717, 1.165) is 24.2 Å². The number of aromatic nitrogens is 2. The van der Waals surface area contributed by atoms with E-state index in [4.69, 9.17) is 4.74 Å². The number of para-hydroxylation sites is 1. The number of imidazole rings is 1. The number of hydrogen-bond acceptors (Lipinski definition) is 3. The number of halogens is 1. The number of ether oxygens (including phenoxy) is 1. The molecule has 1 fully saturated rings. The van der Waals surface area contributed by atoms with Crippen molar-refractivity contribution in [2.75, 3.05) is 19.7 Å². The topological polar surface area (TPSA) is 46.8 Å². The van der Waals surface area contributed by atoms with Gasteiger partial charge in [0.15, 0.2) is 11.6 Å². The van der Waals surface area contributed by atoms with Crippen molar-refractivity contribution in [3.05, 3.63) is 65.9 Å². The van der Waals surface area contributed by atoms with E-state index in [1.165, 1.54) is 6.07 Å². The number of carbonyl (C=O) groups is 1. The summed E-state index contributed by atoms with van der Waals surface area (Å²) in [5.41, 5.74) is 2.12. The maximum atomic E-state index is 13.7. The van der Waals surface area contributed by atoms with Crippen LogP contribution in [-0.2, 0) is 0 Å². The molecule has 3 aromatic rings. The highest BCUT2D eigenvalue weighted by Crippen LogP contribution is 2.23. The van der Waals surface area contributed by atoms with Gasteiger partial charge in [0, 0.05) is 25.2 Å². The fourth-order valence-corrected chi connectivity index (χ4v) is 3.63. The molecule has 1 atom stereocenters. The number of rotatable bonds is 4. The molecule has 2 aromatic heterocycles. The number of carbonyl (C=O) groups excluding carboxylic acids is 1. The summed E-state index contributed by atoms with van der Waals surface area (Å²) in [4.78, 5) is 19.4. The van der Waals surface area contributed by atoms with Crippen molar-refractivity contribution in [1.29, 1.82) is 0 Å². The molecule has 1 saturated heterocycles. The Bertz CT molecular complexity index is 969. The minimum Gasteiger partial charge on any atom is -0.490 e. The van der Waals surface area contributed by atoms with E-state index in [0.29, 0.717) is 25.4 Å². The number of nitrogens with zero attached hydrogens (tertiary/aromatic N) is 3. The van der Waals surface area contributed by atoms with Gasteiger partial charge in [0.25, 0.3) is 5.91 Å². The highest BCUT2D eigenvalue weighted by atomic mass is 19.1. The number of pyridine rings is 1. The highest BCUT2D eigenvalue weighted by Gasteiger charge is 2.28. The average Bonchev–Trinajstić information content (AvgIpc) is 3.04. The first-order valence-electron chi connectivity index (χ1n) is 9.24. The summed E-state index contributed by atoms with van der Waals surface area (Å²) in [6.45, 7) is 3.62. The van der Waals surface area contributed by atoms with Crippen molar-refractivity contribution in [2.45, 2.75) is 19.8 Å². The predicted molar refractivity (Wildman–Crippen MR) is 100 cm³/mol. The molecule has 0 N–H and O–H groups in total. The minimum atomic E-state index is -0.360. The number of likely N-dealkylation sites (tertiary alicyclic amines) is 1. The highest BCUT2D eigenvalue weighted by molar-refractivity contribution is 5.94. The van der Waals surface area contributed by atoms with Gasteiger partial charge in [-0.05, 0) is 44.0 Å². The van der Waals surface area contributed by atoms with Crippen LogP contribution in [-0.4, -0.2) is 39.9 Å². The lowest BCUT2D eigenvalue weighted by atomic mass is 9.98. The van der Waals surface area contributed by atoms with Crippen LogP contribution in [0.1, 0.15) is 29.0 Å². The molecule has 140 valence electrons. The third-order valence-electron chi connectivity index (χ3n) is 5.09.